The van der Waals surface area contributed by atoms with Gasteiger partial charge in [0, 0.05) is 0 Å². The van der Waals surface area contributed by atoms with Crippen molar-refractivity contribution in [1.29, 1.82) is 0 Å². The second-order valence-electron chi connectivity index (χ2n) is 1.11. The van der Waals surface area contributed by atoms with Crippen molar-refractivity contribution in [3.05, 3.63) is 0 Å². The summed E-state index contributed by atoms with van der Waals surface area (Å²) in [5.41, 5.74) is 0.109. The van der Waals surface area contributed by atoms with E-state index in [2.05, 4.69) is 0 Å². The van der Waals surface area contributed by atoms with E-state index in [0.29, 0.717) is 0 Å². The molecule has 0 aliphatic heterocycles. The van der Waals surface area contributed by atoms with Crippen molar-refractivity contribution in [2.24, 2.45) is 0 Å². The third kappa shape index (κ3) is 3.86. The van der Waals surface area contributed by atoms with Crippen LogP contribution in [-0.2, 0) is 4.79 Å². The van der Waals surface area contributed by atoms with E-state index in [0.717, 1.165) is 0 Å². The van der Waals surface area contributed by atoms with Gasteiger partial charge >= 0.3 is 38.6 Å². The van der Waals surface area contributed by atoms with E-state index >= 15 is 0 Å². The van der Waals surface area contributed by atoms with Crippen molar-refractivity contribution < 1.29 is 4.79 Å². The Morgan fingerprint density at radius 2 is 2.33 bits per heavy atom. The van der Waals surface area contributed by atoms with Crippen molar-refractivity contribution in [2.75, 3.05) is 0 Å². The molecule has 1 nitrogen and oxygen atoms in total. The molecule has 0 aromatic rings. The minimum atomic E-state index is 0.109. The summed E-state index contributed by atoms with van der Waals surface area (Å²) in [7, 11) is 1.82. The van der Waals surface area contributed by atoms with Gasteiger partial charge in [0.2, 0.25) is 0 Å². The van der Waals surface area contributed by atoms with Gasteiger partial charge in [-0.1, -0.05) is 0 Å². The minimum absolute atomic E-state index is 0.109. The molecule has 0 amide bonds. The zero-order chi connectivity index (χ0) is 4.99. The van der Waals surface area contributed by atoms with Crippen molar-refractivity contribution in [1.82, 2.24) is 0 Å². The average Bonchev–Trinajstić information content (AvgIpc) is 1.35. The molecule has 0 bridgehead atoms. The molecule has 0 aliphatic rings. The monoisotopic (exact) mass is 78.1 g/mol. The first kappa shape index (κ1) is 5.86. The van der Waals surface area contributed by atoms with Gasteiger partial charge in [-0.3, -0.25) is 0 Å². The van der Waals surface area contributed by atoms with Crippen LogP contribution in [0.15, 0.2) is 0 Å². The molecule has 0 atom stereocenters. The fourth-order valence-corrected chi connectivity index (χ4v) is 0.235. The Morgan fingerprint density at radius 3 is 2.33 bits per heavy atom. The van der Waals surface area contributed by atoms with E-state index < -0.39 is 0 Å². The number of hydrogen-bond donors (Lipinski definition) is 0. The number of carbonyl (C=O) groups is 1. The summed E-state index contributed by atoms with van der Waals surface area (Å²) in [6.07, 6.45) is 0. The van der Waals surface area contributed by atoms with Crippen LogP contribution in [0.5, 0.6) is 0 Å². The Labute approximate surface area is 39.6 Å². The fourth-order valence-electron chi connectivity index (χ4n) is 0.235. The van der Waals surface area contributed by atoms with Gasteiger partial charge in [0.1, 0.15) is 0 Å². The van der Waals surface area contributed by atoms with Gasteiger partial charge in [-0.05, 0) is 0 Å². The van der Waals surface area contributed by atoms with Crippen molar-refractivity contribution in [3.8, 4) is 0 Å². The molecule has 0 aromatic carbocycles. The molecule has 0 unspecified atom stereocenters. The molecular formula is C2H5B3O. The fraction of sp³-hybridized carbons (Fsp3) is 0.500. The first-order valence-corrected chi connectivity index (χ1v) is 1.90. The zero-order valence-electron chi connectivity index (χ0n) is 4.06. The molecule has 0 N–H and O–H groups in total. The summed E-state index contributed by atoms with van der Waals surface area (Å²) in [5, 5.41) is 0. The van der Waals surface area contributed by atoms with Crippen LogP contribution in [0.25, 0.3) is 0 Å². The topological polar surface area (TPSA) is 17.1 Å². The molecule has 6 heavy (non-hydrogen) atoms. The summed E-state index contributed by atoms with van der Waals surface area (Å²) in [6.45, 7) is 4.78. The number of rotatable bonds is 1. The zero-order valence-corrected chi connectivity index (χ0v) is 4.06. The van der Waals surface area contributed by atoms with Crippen molar-refractivity contribution in [2.45, 2.75) is 6.92 Å². The van der Waals surface area contributed by atoms with Crippen LogP contribution in [0.4, 0.5) is 0 Å². The molecule has 0 aromatic heterocycles. The Balaban J connectivity index is 3.30. The maximum absolute atomic E-state index is 9.96. The molecule has 0 spiro atoms. The first-order valence-electron chi connectivity index (χ1n) is 1.90. The predicted molar refractivity (Wildman–Crippen MR) is 30.7 cm³/mol. The quantitative estimate of drug-likeness (QED) is 0.345. The maximum atomic E-state index is 9.96. The van der Waals surface area contributed by atoms with Gasteiger partial charge in [-0.25, -0.2) is 0 Å². The Kier molecular flexibility index (Phi) is 3.00. The summed E-state index contributed by atoms with van der Waals surface area (Å²) in [4.78, 5) is 9.96. The summed E-state index contributed by atoms with van der Waals surface area (Å²) in [5.74, 6) is 0. The van der Waals surface area contributed by atoms with Gasteiger partial charge in [0.25, 0.3) is 0 Å². The second kappa shape index (κ2) is 3.07. The van der Waals surface area contributed by atoms with E-state index in [9.17, 15) is 4.79 Å². The second-order valence-corrected chi connectivity index (χ2v) is 1.11. The van der Waals surface area contributed by atoms with Gasteiger partial charge in [-0.15, -0.1) is 0 Å². The van der Waals surface area contributed by atoms with Crippen LogP contribution < -0.4 is 0 Å². The number of carbonyl (C=O) groups excluding carboxylic acids is 1. The normalized spacial score (nSPS) is 6.83. The van der Waals surface area contributed by atoms with Gasteiger partial charge in [0.05, 0.1) is 0 Å². The van der Waals surface area contributed by atoms with Gasteiger partial charge in [0.15, 0.2) is 0 Å². The Morgan fingerprint density at radius 1 is 1.83 bits per heavy atom. The van der Waals surface area contributed by atoms with E-state index in [-0.39, 0.29) is 5.68 Å². The van der Waals surface area contributed by atoms with Crippen LogP contribution in [-0.4, -0.2) is 26.9 Å². The van der Waals surface area contributed by atoms with Crippen LogP contribution in [0.1, 0.15) is 6.92 Å². The Hall–Kier alpha value is -0.135. The molecule has 0 aliphatic carbocycles. The van der Waals surface area contributed by atoms with E-state index in [1.165, 1.54) is 13.7 Å². The van der Waals surface area contributed by atoms with Crippen molar-refractivity contribution >= 4 is 26.9 Å². The number of hydrogen-bond acceptors (Lipinski definition) is 1. The molecule has 28 valence electrons. The van der Waals surface area contributed by atoms with Crippen molar-refractivity contribution in [3.63, 3.8) is 0 Å². The third-order valence-electron chi connectivity index (χ3n) is 0.401. The molecule has 4 heteroatoms. The SMILES string of the molecule is BB=BC(C)=O. The molecule has 0 fully saturated rings. The molecule has 0 radical (unpaired) electrons. The van der Waals surface area contributed by atoms with E-state index in [1.54, 1.807) is 6.69 Å². The molecule has 0 rings (SSSR count). The predicted octanol–water partition coefficient (Wildman–Crippen LogP) is -1.60. The van der Waals surface area contributed by atoms with Gasteiger partial charge < -0.3 is 0 Å². The third-order valence-corrected chi connectivity index (χ3v) is 0.401. The van der Waals surface area contributed by atoms with Crippen LogP contribution in [0, 0.1) is 0 Å². The molecule has 0 saturated carbocycles. The van der Waals surface area contributed by atoms with Crippen LogP contribution >= 0.6 is 0 Å². The summed E-state index contributed by atoms with van der Waals surface area (Å²) >= 11 is 0. The summed E-state index contributed by atoms with van der Waals surface area (Å²) < 4.78 is 0. The molecule has 0 heterocycles. The van der Waals surface area contributed by atoms with E-state index in [4.69, 9.17) is 0 Å². The first-order chi connectivity index (χ1) is 2.77. The van der Waals surface area contributed by atoms with Gasteiger partial charge in [-0.2, -0.15) is 0 Å². The molecular weight excluding hydrogens is 72.5 g/mol. The Bertz CT molecular complexity index is 76.9. The summed E-state index contributed by atoms with van der Waals surface area (Å²) in [6, 6.07) is 0. The standard InChI is InChI=1S/C2H5B3O/c1-2(6)4-5-3/h3H2,1H3. The van der Waals surface area contributed by atoms with Crippen LogP contribution in [0.3, 0.4) is 0 Å². The average molecular weight is 77.5 g/mol. The molecule has 0 saturated heterocycles. The van der Waals surface area contributed by atoms with E-state index in [1.807, 2.05) is 7.74 Å². The van der Waals surface area contributed by atoms with Crippen LogP contribution in [0.2, 0.25) is 0 Å².